The number of hydrogen-bond acceptors (Lipinski definition) is 5. The first kappa shape index (κ1) is 22.0. The van der Waals surface area contributed by atoms with Gasteiger partial charge in [-0.1, -0.05) is 37.0 Å². The monoisotopic (exact) mass is 438 g/mol. The summed E-state index contributed by atoms with van der Waals surface area (Å²) < 4.78 is 6.23. The number of methoxy groups -OCH3 is 1. The summed E-state index contributed by atoms with van der Waals surface area (Å²) in [6, 6.07) is 7.34. The molecule has 170 valence electrons. The van der Waals surface area contributed by atoms with Crippen LogP contribution in [-0.4, -0.2) is 46.3 Å². The Morgan fingerprint density at radius 1 is 1.16 bits per heavy atom. The maximum absolute atomic E-state index is 13.7. The molecule has 1 aromatic carbocycles. The van der Waals surface area contributed by atoms with Crippen LogP contribution in [0.4, 0.5) is 5.69 Å². The Bertz CT molecular complexity index is 1070. The van der Waals surface area contributed by atoms with Crippen LogP contribution in [-0.2, 0) is 16.1 Å². The number of benzene rings is 1. The number of amides is 2. The summed E-state index contributed by atoms with van der Waals surface area (Å²) in [5.41, 5.74) is 1.75. The second-order valence-corrected chi connectivity index (χ2v) is 9.08. The molecular weight excluding hydrogens is 408 g/mol. The first-order valence-electron chi connectivity index (χ1n) is 11.1. The smallest absolute Gasteiger partial charge is 0.358 e. The van der Waals surface area contributed by atoms with E-state index in [9.17, 15) is 14.4 Å². The molecule has 0 bridgehead atoms. The number of ether oxygens (including phenoxy) is 1. The Hall–Kier alpha value is -3.16. The molecule has 8 nitrogen and oxygen atoms in total. The molecule has 2 aromatic rings. The fourth-order valence-corrected chi connectivity index (χ4v) is 4.81. The molecule has 1 N–H and O–H groups in total. The lowest BCUT2D eigenvalue weighted by Crippen LogP contribution is -2.65. The van der Waals surface area contributed by atoms with Gasteiger partial charge in [0.15, 0.2) is 5.69 Å². The molecule has 2 heterocycles. The average Bonchev–Trinajstić information content (AvgIpc) is 3.19. The van der Waals surface area contributed by atoms with Crippen molar-refractivity contribution < 1.29 is 19.1 Å². The molecule has 0 spiro atoms. The number of hydrogen-bond donors (Lipinski definition) is 1. The molecule has 0 saturated heterocycles. The number of nitrogens with zero attached hydrogens (tertiary/aromatic N) is 3. The standard InChI is InChI=1S/C24H30N4O4/c1-15-10-11-19(16(2)12-15)28-21(29)20-13-18(22(30)32-4)26-27(20)14-24(28,3)23(31)25-17-8-6-5-7-9-17/h10-13,17H,5-9,14H2,1-4H3,(H,25,31)/t24-/m1/s1. The van der Waals surface area contributed by atoms with Crippen LogP contribution >= 0.6 is 0 Å². The van der Waals surface area contributed by atoms with Crippen molar-refractivity contribution in [2.45, 2.75) is 71.0 Å². The van der Waals surface area contributed by atoms with Gasteiger partial charge >= 0.3 is 5.97 Å². The topological polar surface area (TPSA) is 93.5 Å². The largest absolute Gasteiger partial charge is 0.464 e. The van der Waals surface area contributed by atoms with Gasteiger partial charge < -0.3 is 10.1 Å². The van der Waals surface area contributed by atoms with Crippen LogP contribution < -0.4 is 10.2 Å². The number of carbonyl (C=O) groups is 3. The average molecular weight is 439 g/mol. The third-order valence-corrected chi connectivity index (χ3v) is 6.57. The maximum Gasteiger partial charge on any atom is 0.358 e. The zero-order valence-corrected chi connectivity index (χ0v) is 19.1. The number of rotatable bonds is 4. The van der Waals surface area contributed by atoms with Gasteiger partial charge in [0.25, 0.3) is 5.91 Å². The van der Waals surface area contributed by atoms with Crippen molar-refractivity contribution in [2.75, 3.05) is 12.0 Å². The van der Waals surface area contributed by atoms with Gasteiger partial charge in [0.1, 0.15) is 11.2 Å². The van der Waals surface area contributed by atoms with Crippen LogP contribution in [0.25, 0.3) is 0 Å². The molecule has 32 heavy (non-hydrogen) atoms. The minimum absolute atomic E-state index is 0.0494. The SMILES string of the molecule is COC(=O)c1cc2n(n1)C[C@](C)(C(=O)NC1CCCCC1)N(c1ccc(C)cc1C)C2=O. The van der Waals surface area contributed by atoms with Gasteiger partial charge in [-0.15, -0.1) is 0 Å². The van der Waals surface area contributed by atoms with E-state index in [0.717, 1.165) is 36.8 Å². The molecule has 4 rings (SSSR count). The minimum Gasteiger partial charge on any atom is -0.464 e. The maximum atomic E-state index is 13.7. The quantitative estimate of drug-likeness (QED) is 0.740. The van der Waals surface area contributed by atoms with Crippen molar-refractivity contribution in [1.29, 1.82) is 0 Å². The van der Waals surface area contributed by atoms with Gasteiger partial charge in [-0.2, -0.15) is 5.10 Å². The van der Waals surface area contributed by atoms with Gasteiger partial charge in [-0.05, 0) is 45.2 Å². The Morgan fingerprint density at radius 2 is 1.88 bits per heavy atom. The van der Waals surface area contributed by atoms with Crippen LogP contribution in [0.1, 0.15) is 71.1 Å². The highest BCUT2D eigenvalue weighted by Gasteiger charge is 2.50. The van der Waals surface area contributed by atoms with Crippen molar-refractivity contribution in [3.63, 3.8) is 0 Å². The summed E-state index contributed by atoms with van der Waals surface area (Å²) in [5, 5.41) is 7.46. The third-order valence-electron chi connectivity index (χ3n) is 6.57. The normalized spacial score (nSPS) is 21.2. The summed E-state index contributed by atoms with van der Waals surface area (Å²) in [6.45, 7) is 5.82. The Balaban J connectivity index is 1.78. The molecule has 2 amide bonds. The second-order valence-electron chi connectivity index (χ2n) is 9.08. The zero-order valence-electron chi connectivity index (χ0n) is 19.1. The van der Waals surface area contributed by atoms with Gasteiger partial charge in [0.2, 0.25) is 5.91 Å². The van der Waals surface area contributed by atoms with E-state index >= 15 is 0 Å². The van der Waals surface area contributed by atoms with Gasteiger partial charge in [-0.3, -0.25) is 19.2 Å². The van der Waals surface area contributed by atoms with E-state index in [1.165, 1.54) is 24.3 Å². The molecule has 0 unspecified atom stereocenters. The summed E-state index contributed by atoms with van der Waals surface area (Å²) in [4.78, 5) is 41.0. The van der Waals surface area contributed by atoms with Crippen molar-refractivity contribution >= 4 is 23.5 Å². The minimum atomic E-state index is -1.21. The Labute approximate surface area is 187 Å². The van der Waals surface area contributed by atoms with Gasteiger partial charge in [0, 0.05) is 17.8 Å². The molecule has 1 aromatic heterocycles. The number of nitrogens with one attached hydrogen (secondary N) is 1. The highest BCUT2D eigenvalue weighted by atomic mass is 16.5. The fraction of sp³-hybridized carbons (Fsp3) is 0.500. The summed E-state index contributed by atoms with van der Waals surface area (Å²) >= 11 is 0. The van der Waals surface area contributed by atoms with E-state index in [0.29, 0.717) is 5.69 Å². The van der Waals surface area contributed by atoms with Crippen LogP contribution in [0.15, 0.2) is 24.3 Å². The molecule has 8 heteroatoms. The number of fused-ring (bicyclic) bond motifs is 1. The Kier molecular flexibility index (Phi) is 5.79. The van der Waals surface area contributed by atoms with Crippen LogP contribution in [0.5, 0.6) is 0 Å². The molecule has 2 aliphatic rings. The lowest BCUT2D eigenvalue weighted by atomic mass is 9.90. The van der Waals surface area contributed by atoms with E-state index in [2.05, 4.69) is 10.4 Å². The third kappa shape index (κ3) is 3.78. The number of esters is 1. The molecule has 1 atom stereocenters. The van der Waals surface area contributed by atoms with Gasteiger partial charge in [-0.25, -0.2) is 4.79 Å². The predicted octanol–water partition coefficient (Wildman–Crippen LogP) is 3.15. The highest BCUT2D eigenvalue weighted by Crippen LogP contribution is 2.35. The van der Waals surface area contributed by atoms with Crippen molar-refractivity contribution in [1.82, 2.24) is 15.1 Å². The van der Waals surface area contributed by atoms with E-state index in [1.807, 2.05) is 32.0 Å². The van der Waals surface area contributed by atoms with Crippen molar-refractivity contribution in [3.8, 4) is 0 Å². The second kappa shape index (κ2) is 8.41. The van der Waals surface area contributed by atoms with E-state index < -0.39 is 11.5 Å². The Morgan fingerprint density at radius 3 is 2.53 bits per heavy atom. The summed E-state index contributed by atoms with van der Waals surface area (Å²) in [6.07, 6.45) is 5.25. The molecule has 1 aliphatic carbocycles. The zero-order chi connectivity index (χ0) is 23.0. The first-order valence-corrected chi connectivity index (χ1v) is 11.1. The molecular formula is C24H30N4O4. The number of carbonyl (C=O) groups excluding carboxylic acids is 3. The number of aryl methyl sites for hydroxylation is 2. The van der Waals surface area contributed by atoms with E-state index in [-0.39, 0.29) is 35.8 Å². The van der Waals surface area contributed by atoms with Crippen LogP contribution in [0, 0.1) is 13.8 Å². The summed E-state index contributed by atoms with van der Waals surface area (Å²) in [5.74, 6) is -1.20. The molecule has 1 saturated carbocycles. The van der Waals surface area contributed by atoms with Crippen LogP contribution in [0.3, 0.4) is 0 Å². The first-order chi connectivity index (χ1) is 15.2. The number of aromatic nitrogens is 2. The van der Waals surface area contributed by atoms with E-state index in [4.69, 9.17) is 4.74 Å². The molecule has 1 fully saturated rings. The van der Waals surface area contributed by atoms with Crippen LogP contribution in [0.2, 0.25) is 0 Å². The van der Waals surface area contributed by atoms with Crippen molar-refractivity contribution in [3.05, 3.63) is 46.8 Å². The van der Waals surface area contributed by atoms with Gasteiger partial charge in [0.05, 0.1) is 13.7 Å². The van der Waals surface area contributed by atoms with E-state index in [1.54, 1.807) is 11.8 Å². The lowest BCUT2D eigenvalue weighted by molar-refractivity contribution is -0.127. The highest BCUT2D eigenvalue weighted by molar-refractivity contribution is 6.12. The number of anilines is 1. The molecule has 1 aliphatic heterocycles. The summed E-state index contributed by atoms with van der Waals surface area (Å²) in [7, 11) is 1.27. The predicted molar refractivity (Wildman–Crippen MR) is 120 cm³/mol. The van der Waals surface area contributed by atoms with Crippen molar-refractivity contribution in [2.24, 2.45) is 0 Å². The molecule has 0 radical (unpaired) electrons. The fourth-order valence-electron chi connectivity index (χ4n) is 4.81. The lowest BCUT2D eigenvalue weighted by Gasteiger charge is -2.44.